The van der Waals surface area contributed by atoms with Gasteiger partial charge in [-0.2, -0.15) is 0 Å². The molecule has 5 nitrogen and oxygen atoms in total. The Morgan fingerprint density at radius 1 is 1.25 bits per heavy atom. The zero-order valence-electron chi connectivity index (χ0n) is 15.7. The summed E-state index contributed by atoms with van der Waals surface area (Å²) in [6, 6.07) is 11.5. The number of carbonyl (C=O) groups excluding carboxylic acids is 2. The summed E-state index contributed by atoms with van der Waals surface area (Å²) in [6.45, 7) is 2.34. The lowest BCUT2D eigenvalue weighted by molar-refractivity contribution is -0.124. The fourth-order valence-corrected chi connectivity index (χ4v) is 4.29. The zero-order valence-corrected chi connectivity index (χ0v) is 16.6. The first-order valence-corrected chi connectivity index (χ1v) is 10.4. The summed E-state index contributed by atoms with van der Waals surface area (Å²) in [4.78, 5) is 30.8. The predicted molar refractivity (Wildman–Crippen MR) is 109 cm³/mol. The van der Waals surface area contributed by atoms with Gasteiger partial charge in [0.1, 0.15) is 0 Å². The van der Waals surface area contributed by atoms with Crippen LogP contribution in [0.25, 0.3) is 10.9 Å². The minimum absolute atomic E-state index is 0.287. The predicted octanol–water partition coefficient (Wildman–Crippen LogP) is 3.89. The zero-order chi connectivity index (χ0) is 19.5. The second kappa shape index (κ2) is 8.10. The normalized spacial score (nSPS) is 15.8. The van der Waals surface area contributed by atoms with Crippen LogP contribution in [0.4, 0.5) is 0 Å². The Hall–Kier alpha value is -2.73. The summed E-state index contributed by atoms with van der Waals surface area (Å²) in [5, 5.41) is 5.53. The Balaban J connectivity index is 1.53. The van der Waals surface area contributed by atoms with Crippen molar-refractivity contribution >= 4 is 34.1 Å². The molecule has 2 heterocycles. The van der Waals surface area contributed by atoms with Crippen LogP contribution >= 0.6 is 11.3 Å². The molecular weight excluding hydrogens is 372 g/mol. The highest BCUT2D eigenvalue weighted by atomic mass is 32.1. The van der Waals surface area contributed by atoms with E-state index in [4.69, 9.17) is 9.72 Å². The number of fused-ring (bicyclic) bond motifs is 2. The molecule has 3 aromatic rings. The SMILES string of the molecule is CC1CCc2nc3ccccc3c(C(=O)OCC(=O)NCc3cccs3)c2C1. The summed E-state index contributed by atoms with van der Waals surface area (Å²) in [6.07, 6.45) is 2.74. The minimum Gasteiger partial charge on any atom is -0.452 e. The number of para-hydroxylation sites is 1. The summed E-state index contributed by atoms with van der Waals surface area (Å²) in [5.41, 5.74) is 3.32. The van der Waals surface area contributed by atoms with Gasteiger partial charge in [0, 0.05) is 16.0 Å². The number of hydrogen-bond donors (Lipinski definition) is 1. The number of aryl methyl sites for hydroxylation is 1. The number of thiophene rings is 1. The number of carbonyl (C=O) groups is 2. The van der Waals surface area contributed by atoms with Crippen molar-refractivity contribution in [3.05, 3.63) is 63.5 Å². The second-order valence-corrected chi connectivity index (χ2v) is 8.24. The maximum atomic E-state index is 12.9. The Morgan fingerprint density at radius 2 is 2.11 bits per heavy atom. The average molecular weight is 394 g/mol. The van der Waals surface area contributed by atoms with Crippen LogP contribution in [0, 0.1) is 5.92 Å². The van der Waals surface area contributed by atoms with Crippen LogP contribution in [0.15, 0.2) is 41.8 Å². The topological polar surface area (TPSA) is 68.3 Å². The van der Waals surface area contributed by atoms with E-state index < -0.39 is 5.97 Å². The van der Waals surface area contributed by atoms with Crippen molar-refractivity contribution in [3.63, 3.8) is 0 Å². The lowest BCUT2D eigenvalue weighted by atomic mass is 9.84. The first-order valence-electron chi connectivity index (χ1n) is 9.48. The van der Waals surface area contributed by atoms with Gasteiger partial charge in [0.25, 0.3) is 5.91 Å². The van der Waals surface area contributed by atoms with E-state index in [0.29, 0.717) is 18.0 Å². The fraction of sp³-hybridized carbons (Fsp3) is 0.318. The largest absolute Gasteiger partial charge is 0.452 e. The van der Waals surface area contributed by atoms with Gasteiger partial charge < -0.3 is 10.1 Å². The minimum atomic E-state index is -0.449. The van der Waals surface area contributed by atoms with Crippen molar-refractivity contribution in [1.29, 1.82) is 0 Å². The summed E-state index contributed by atoms with van der Waals surface area (Å²) in [5.74, 6) is -0.256. The number of rotatable bonds is 5. The van der Waals surface area contributed by atoms with Crippen LogP contribution in [-0.4, -0.2) is 23.5 Å². The second-order valence-electron chi connectivity index (χ2n) is 7.21. The maximum absolute atomic E-state index is 12.9. The highest BCUT2D eigenvalue weighted by Gasteiger charge is 2.26. The molecule has 1 aromatic carbocycles. The van der Waals surface area contributed by atoms with E-state index in [1.165, 1.54) is 0 Å². The first kappa shape index (κ1) is 18.6. The van der Waals surface area contributed by atoms with Gasteiger partial charge in [-0.05, 0) is 48.3 Å². The van der Waals surface area contributed by atoms with Gasteiger partial charge in [-0.25, -0.2) is 4.79 Å². The maximum Gasteiger partial charge on any atom is 0.339 e. The number of nitrogens with zero attached hydrogens (tertiary/aromatic N) is 1. The lowest BCUT2D eigenvalue weighted by Gasteiger charge is -2.24. The number of nitrogens with one attached hydrogen (secondary N) is 1. The lowest BCUT2D eigenvalue weighted by Crippen LogP contribution is -2.28. The highest BCUT2D eigenvalue weighted by Crippen LogP contribution is 2.31. The van der Waals surface area contributed by atoms with Crippen LogP contribution in [0.5, 0.6) is 0 Å². The molecule has 0 radical (unpaired) electrons. The van der Waals surface area contributed by atoms with Gasteiger partial charge in [0.2, 0.25) is 0 Å². The molecule has 1 unspecified atom stereocenters. The van der Waals surface area contributed by atoms with E-state index in [2.05, 4.69) is 12.2 Å². The number of benzene rings is 1. The molecule has 0 saturated carbocycles. The fourth-order valence-electron chi connectivity index (χ4n) is 3.65. The molecule has 0 saturated heterocycles. The molecule has 1 amide bonds. The van der Waals surface area contributed by atoms with E-state index in [0.717, 1.165) is 46.3 Å². The van der Waals surface area contributed by atoms with E-state index in [1.54, 1.807) is 11.3 Å². The molecule has 6 heteroatoms. The van der Waals surface area contributed by atoms with Crippen LogP contribution < -0.4 is 5.32 Å². The van der Waals surface area contributed by atoms with Crippen molar-refractivity contribution in [2.45, 2.75) is 32.7 Å². The highest BCUT2D eigenvalue weighted by molar-refractivity contribution is 7.09. The Bertz CT molecular complexity index is 1010. The van der Waals surface area contributed by atoms with Gasteiger partial charge in [-0.15, -0.1) is 11.3 Å². The number of esters is 1. The summed E-state index contributed by atoms with van der Waals surface area (Å²) >= 11 is 1.57. The third-order valence-electron chi connectivity index (χ3n) is 5.08. The number of hydrogen-bond acceptors (Lipinski definition) is 5. The monoisotopic (exact) mass is 394 g/mol. The number of aromatic nitrogens is 1. The molecule has 4 rings (SSSR count). The van der Waals surface area contributed by atoms with Crippen LogP contribution in [0.2, 0.25) is 0 Å². The molecule has 2 aromatic heterocycles. The molecule has 1 atom stereocenters. The van der Waals surface area contributed by atoms with Gasteiger partial charge in [0.05, 0.1) is 17.6 Å². The summed E-state index contributed by atoms with van der Waals surface area (Å²) < 4.78 is 5.39. The number of ether oxygens (including phenoxy) is 1. The standard InChI is InChI=1S/C22H22N2O3S/c1-14-8-9-19-17(11-14)21(16-6-2-3-7-18(16)24-19)22(26)27-13-20(25)23-12-15-5-4-10-28-15/h2-7,10,14H,8-9,11-13H2,1H3,(H,23,25). The van der Waals surface area contributed by atoms with Crippen LogP contribution in [0.1, 0.15) is 39.8 Å². The Labute approximate surface area is 167 Å². The van der Waals surface area contributed by atoms with Crippen molar-refractivity contribution in [2.75, 3.05) is 6.61 Å². The summed E-state index contributed by atoms with van der Waals surface area (Å²) in [7, 11) is 0. The number of amides is 1. The molecule has 144 valence electrons. The third kappa shape index (κ3) is 3.92. The molecule has 0 aliphatic heterocycles. The van der Waals surface area contributed by atoms with Crippen LogP contribution in [0.3, 0.4) is 0 Å². The van der Waals surface area contributed by atoms with E-state index >= 15 is 0 Å². The van der Waals surface area contributed by atoms with Gasteiger partial charge in [-0.1, -0.05) is 31.2 Å². The molecule has 1 aliphatic rings. The first-order chi connectivity index (χ1) is 13.6. The average Bonchev–Trinajstić information content (AvgIpc) is 3.22. The quantitative estimate of drug-likeness (QED) is 0.667. The van der Waals surface area contributed by atoms with Crippen molar-refractivity contribution in [2.24, 2.45) is 5.92 Å². The molecule has 28 heavy (non-hydrogen) atoms. The third-order valence-corrected chi connectivity index (χ3v) is 5.96. The van der Waals surface area contributed by atoms with Gasteiger partial charge in [0.15, 0.2) is 6.61 Å². The molecule has 1 aliphatic carbocycles. The van der Waals surface area contributed by atoms with E-state index in [-0.39, 0.29) is 12.5 Å². The smallest absolute Gasteiger partial charge is 0.339 e. The molecule has 0 fully saturated rings. The number of pyridine rings is 1. The van der Waals surface area contributed by atoms with E-state index in [1.807, 2.05) is 41.8 Å². The Morgan fingerprint density at radius 3 is 2.93 bits per heavy atom. The van der Waals surface area contributed by atoms with Crippen molar-refractivity contribution in [1.82, 2.24) is 10.3 Å². The molecule has 0 bridgehead atoms. The molecule has 1 N–H and O–H groups in total. The van der Waals surface area contributed by atoms with Gasteiger partial charge >= 0.3 is 5.97 Å². The van der Waals surface area contributed by atoms with Crippen molar-refractivity contribution < 1.29 is 14.3 Å². The Kier molecular flexibility index (Phi) is 5.39. The van der Waals surface area contributed by atoms with Crippen molar-refractivity contribution in [3.8, 4) is 0 Å². The van der Waals surface area contributed by atoms with Crippen LogP contribution in [-0.2, 0) is 28.9 Å². The molecule has 0 spiro atoms. The van der Waals surface area contributed by atoms with E-state index in [9.17, 15) is 9.59 Å². The van der Waals surface area contributed by atoms with Gasteiger partial charge in [-0.3, -0.25) is 9.78 Å². The molecular formula is C22H22N2O3S.